The fourth-order valence-electron chi connectivity index (χ4n) is 2.67. The normalized spacial score (nSPS) is 10.8. The van der Waals surface area contributed by atoms with E-state index in [2.05, 4.69) is 10.2 Å². The number of aromatic nitrogens is 2. The number of nitrogens with zero attached hydrogens (tertiary/aromatic N) is 1. The fraction of sp³-hybridized carbons (Fsp3) is 0.143. The van der Waals surface area contributed by atoms with Crippen molar-refractivity contribution in [1.82, 2.24) is 10.2 Å². The van der Waals surface area contributed by atoms with E-state index in [0.29, 0.717) is 34.2 Å². The van der Waals surface area contributed by atoms with E-state index >= 15 is 0 Å². The standard InChI is InChI=1S/C21H20N2O5/c1-26-19-8-5-14(10-18(19)25)17(24)7-6-15-12-16(23-22-15)13-4-9-20(27-2)21(11-13)28-3/h4-12,25H,1-3H3,(H,22,23)/b7-6+. The van der Waals surface area contributed by atoms with Gasteiger partial charge in [-0.1, -0.05) is 0 Å². The van der Waals surface area contributed by atoms with E-state index in [1.165, 1.54) is 19.3 Å². The fourth-order valence-corrected chi connectivity index (χ4v) is 2.67. The average Bonchev–Trinajstić information content (AvgIpc) is 3.20. The maximum absolute atomic E-state index is 12.3. The van der Waals surface area contributed by atoms with Crippen LogP contribution in [0.5, 0.6) is 23.0 Å². The highest BCUT2D eigenvalue weighted by Gasteiger charge is 2.10. The molecule has 0 aliphatic carbocycles. The molecule has 7 heteroatoms. The van der Waals surface area contributed by atoms with E-state index in [4.69, 9.17) is 14.2 Å². The third-order valence-corrected chi connectivity index (χ3v) is 4.15. The van der Waals surface area contributed by atoms with Crippen molar-refractivity contribution in [2.75, 3.05) is 21.3 Å². The van der Waals surface area contributed by atoms with Gasteiger partial charge in [-0.25, -0.2) is 0 Å². The summed E-state index contributed by atoms with van der Waals surface area (Å²) in [7, 11) is 4.60. The maximum Gasteiger partial charge on any atom is 0.186 e. The van der Waals surface area contributed by atoms with Crippen LogP contribution in [0.25, 0.3) is 17.3 Å². The second kappa shape index (κ2) is 8.30. The summed E-state index contributed by atoms with van der Waals surface area (Å²) in [4.78, 5) is 12.3. The molecule has 0 radical (unpaired) electrons. The molecular weight excluding hydrogens is 360 g/mol. The van der Waals surface area contributed by atoms with Crippen LogP contribution in [0.3, 0.4) is 0 Å². The van der Waals surface area contributed by atoms with Crippen molar-refractivity contribution in [2.24, 2.45) is 0 Å². The lowest BCUT2D eigenvalue weighted by Crippen LogP contribution is -1.94. The molecular formula is C21H20N2O5. The van der Waals surface area contributed by atoms with Gasteiger partial charge in [0, 0.05) is 11.1 Å². The number of aromatic hydroxyl groups is 1. The number of carbonyl (C=O) groups excluding carboxylic acids is 1. The topological polar surface area (TPSA) is 93.7 Å². The number of rotatable bonds is 7. The lowest BCUT2D eigenvalue weighted by Gasteiger charge is -2.08. The molecule has 0 spiro atoms. The molecule has 0 aliphatic heterocycles. The molecule has 28 heavy (non-hydrogen) atoms. The van der Waals surface area contributed by atoms with E-state index in [0.717, 1.165) is 5.56 Å². The molecule has 0 atom stereocenters. The van der Waals surface area contributed by atoms with Gasteiger partial charge < -0.3 is 19.3 Å². The zero-order valence-corrected chi connectivity index (χ0v) is 15.7. The predicted molar refractivity (Wildman–Crippen MR) is 105 cm³/mol. The van der Waals surface area contributed by atoms with Gasteiger partial charge in [0.05, 0.1) is 32.7 Å². The summed E-state index contributed by atoms with van der Waals surface area (Å²) in [5, 5.41) is 16.9. The minimum Gasteiger partial charge on any atom is -0.504 e. The first-order valence-corrected chi connectivity index (χ1v) is 8.43. The number of carbonyl (C=O) groups is 1. The number of allylic oxidation sites excluding steroid dienone is 1. The SMILES string of the molecule is COc1ccc(C(=O)/C=C/c2cc(-c3ccc(OC)c(OC)c3)n[nH]2)cc1O. The van der Waals surface area contributed by atoms with Crippen molar-refractivity contribution in [3.05, 3.63) is 59.8 Å². The van der Waals surface area contributed by atoms with Crippen LogP contribution in [0.2, 0.25) is 0 Å². The molecule has 1 aromatic heterocycles. The first kappa shape index (κ1) is 19.0. The highest BCUT2D eigenvalue weighted by atomic mass is 16.5. The van der Waals surface area contributed by atoms with Crippen LogP contribution in [0.1, 0.15) is 16.1 Å². The summed E-state index contributed by atoms with van der Waals surface area (Å²) >= 11 is 0. The minimum atomic E-state index is -0.250. The molecule has 2 N–H and O–H groups in total. The Morgan fingerprint density at radius 3 is 2.36 bits per heavy atom. The summed E-state index contributed by atoms with van der Waals surface area (Å²) in [5.74, 6) is 1.22. The summed E-state index contributed by atoms with van der Waals surface area (Å²) in [6, 6.07) is 11.8. The number of ether oxygens (including phenoxy) is 3. The Labute approximate surface area is 162 Å². The molecule has 7 nitrogen and oxygen atoms in total. The molecule has 3 rings (SSSR count). The highest BCUT2D eigenvalue weighted by molar-refractivity contribution is 6.07. The average molecular weight is 380 g/mol. The second-order valence-electron chi connectivity index (χ2n) is 5.86. The van der Waals surface area contributed by atoms with Crippen LogP contribution in [-0.2, 0) is 0 Å². The lowest BCUT2D eigenvalue weighted by molar-refractivity contribution is 0.104. The van der Waals surface area contributed by atoms with Gasteiger partial charge in [0.2, 0.25) is 0 Å². The predicted octanol–water partition coefficient (Wildman–Crippen LogP) is 3.70. The first-order valence-electron chi connectivity index (χ1n) is 8.43. The number of methoxy groups -OCH3 is 3. The number of nitrogens with one attached hydrogen (secondary N) is 1. The number of hydrogen-bond donors (Lipinski definition) is 2. The zero-order chi connectivity index (χ0) is 20.1. The van der Waals surface area contributed by atoms with Gasteiger partial charge in [0.25, 0.3) is 0 Å². The van der Waals surface area contributed by atoms with Gasteiger partial charge in [-0.15, -0.1) is 0 Å². The van der Waals surface area contributed by atoms with Crippen LogP contribution in [0.15, 0.2) is 48.5 Å². The number of phenolic OH excluding ortho intramolecular Hbond substituents is 1. The number of hydrogen-bond acceptors (Lipinski definition) is 6. The summed E-state index contributed by atoms with van der Waals surface area (Å²) < 4.78 is 15.5. The molecule has 3 aromatic rings. The smallest absolute Gasteiger partial charge is 0.186 e. The molecule has 0 fully saturated rings. The van der Waals surface area contributed by atoms with Crippen molar-refractivity contribution >= 4 is 11.9 Å². The number of benzene rings is 2. The van der Waals surface area contributed by atoms with Gasteiger partial charge in [-0.2, -0.15) is 5.10 Å². The van der Waals surface area contributed by atoms with Gasteiger partial charge in [-0.05, 0) is 54.6 Å². The Morgan fingerprint density at radius 2 is 1.68 bits per heavy atom. The van der Waals surface area contributed by atoms with E-state index in [1.807, 2.05) is 18.2 Å². The van der Waals surface area contributed by atoms with E-state index < -0.39 is 0 Å². The molecule has 1 heterocycles. The third-order valence-electron chi connectivity index (χ3n) is 4.15. The lowest BCUT2D eigenvalue weighted by atomic mass is 10.1. The molecule has 0 amide bonds. The van der Waals surface area contributed by atoms with Gasteiger partial charge in [-0.3, -0.25) is 9.89 Å². The van der Waals surface area contributed by atoms with Gasteiger partial charge in [0.15, 0.2) is 28.8 Å². The van der Waals surface area contributed by atoms with E-state index in [-0.39, 0.29) is 11.5 Å². The number of ketones is 1. The van der Waals surface area contributed by atoms with Crippen LogP contribution in [0, 0.1) is 0 Å². The molecule has 0 unspecified atom stereocenters. The van der Waals surface area contributed by atoms with E-state index in [1.54, 1.807) is 38.5 Å². The zero-order valence-electron chi connectivity index (χ0n) is 15.7. The largest absolute Gasteiger partial charge is 0.504 e. The Balaban J connectivity index is 1.77. The van der Waals surface area contributed by atoms with Crippen LogP contribution in [-0.4, -0.2) is 42.4 Å². The van der Waals surface area contributed by atoms with Gasteiger partial charge >= 0.3 is 0 Å². The van der Waals surface area contributed by atoms with Crippen LogP contribution >= 0.6 is 0 Å². The number of H-pyrrole nitrogens is 1. The minimum absolute atomic E-state index is 0.0842. The molecule has 0 bridgehead atoms. The highest BCUT2D eigenvalue weighted by Crippen LogP contribution is 2.32. The Hall–Kier alpha value is -3.74. The first-order chi connectivity index (χ1) is 13.5. The second-order valence-corrected chi connectivity index (χ2v) is 5.86. The molecule has 0 aliphatic rings. The Bertz CT molecular complexity index is 1020. The van der Waals surface area contributed by atoms with Crippen LogP contribution in [0.4, 0.5) is 0 Å². The number of phenols is 1. The molecule has 0 saturated heterocycles. The molecule has 0 saturated carbocycles. The van der Waals surface area contributed by atoms with Crippen molar-refractivity contribution in [1.29, 1.82) is 0 Å². The summed E-state index contributed by atoms with van der Waals surface area (Å²) in [6.07, 6.45) is 3.04. The van der Waals surface area contributed by atoms with Crippen molar-refractivity contribution in [3.8, 4) is 34.3 Å². The van der Waals surface area contributed by atoms with Crippen LogP contribution < -0.4 is 14.2 Å². The van der Waals surface area contributed by atoms with E-state index in [9.17, 15) is 9.90 Å². The summed E-state index contributed by atoms with van der Waals surface area (Å²) in [5.41, 5.74) is 2.57. The number of aromatic amines is 1. The molecule has 144 valence electrons. The monoisotopic (exact) mass is 380 g/mol. The third kappa shape index (κ3) is 3.98. The van der Waals surface area contributed by atoms with Crippen molar-refractivity contribution in [3.63, 3.8) is 0 Å². The van der Waals surface area contributed by atoms with Gasteiger partial charge in [0.1, 0.15) is 0 Å². The Morgan fingerprint density at radius 1 is 0.964 bits per heavy atom. The van der Waals surface area contributed by atoms with Crippen molar-refractivity contribution < 1.29 is 24.1 Å². The quantitative estimate of drug-likeness (QED) is 0.479. The molecule has 2 aromatic carbocycles. The Kier molecular flexibility index (Phi) is 5.64. The van der Waals surface area contributed by atoms with Crippen molar-refractivity contribution in [2.45, 2.75) is 0 Å². The summed E-state index contributed by atoms with van der Waals surface area (Å²) in [6.45, 7) is 0. The maximum atomic E-state index is 12.3.